The Morgan fingerprint density at radius 2 is 1.70 bits per heavy atom. The summed E-state index contributed by atoms with van der Waals surface area (Å²) in [5.41, 5.74) is 2.14. The molecule has 0 amide bonds. The van der Waals surface area contributed by atoms with Gasteiger partial charge in [0.05, 0.1) is 22.0 Å². The van der Waals surface area contributed by atoms with Crippen LogP contribution in [-0.4, -0.2) is 38.6 Å². The minimum absolute atomic E-state index is 0. The Labute approximate surface area is 164 Å². The van der Waals surface area contributed by atoms with Gasteiger partial charge in [0.15, 0.2) is 0 Å². The number of nitrogens with zero attached hydrogens (tertiary/aromatic N) is 3. The van der Waals surface area contributed by atoms with Gasteiger partial charge in [0.2, 0.25) is 0 Å². The van der Waals surface area contributed by atoms with Crippen LogP contribution in [0.2, 0.25) is 0 Å². The number of hydrogen-bond donors (Lipinski definition) is 1. The van der Waals surface area contributed by atoms with Crippen LogP contribution in [-0.2, 0) is 10.0 Å². The van der Waals surface area contributed by atoms with Crippen LogP contribution in [0.15, 0.2) is 59.6 Å². The molecule has 1 fully saturated rings. The second kappa shape index (κ2) is 7.61. The van der Waals surface area contributed by atoms with E-state index < -0.39 is 10.0 Å². The number of anilines is 1. The van der Waals surface area contributed by atoms with E-state index in [1.807, 2.05) is 30.3 Å². The number of nitriles is 1. The van der Waals surface area contributed by atoms with Crippen LogP contribution in [0.25, 0.3) is 10.9 Å². The molecule has 0 aliphatic carbocycles. The zero-order valence-electron chi connectivity index (χ0n) is 14.5. The molecule has 0 atom stereocenters. The van der Waals surface area contributed by atoms with Crippen molar-refractivity contribution in [1.29, 1.82) is 5.26 Å². The lowest BCUT2D eigenvalue weighted by molar-refractivity contribution is 0.588. The maximum atomic E-state index is 13.1. The minimum atomic E-state index is -3.72. The van der Waals surface area contributed by atoms with Crippen molar-refractivity contribution >= 4 is 39.0 Å². The van der Waals surface area contributed by atoms with Gasteiger partial charge in [-0.3, -0.25) is 0 Å². The first kappa shape index (κ1) is 19.2. The largest absolute Gasteiger partial charge is 0.368 e. The lowest BCUT2D eigenvalue weighted by Gasteiger charge is -2.30. The molecule has 6 nitrogen and oxygen atoms in total. The molecule has 2 aromatic carbocycles. The molecule has 0 radical (unpaired) electrons. The van der Waals surface area contributed by atoms with Gasteiger partial charge in [0.25, 0.3) is 10.0 Å². The fourth-order valence-electron chi connectivity index (χ4n) is 3.33. The average Bonchev–Trinajstić information content (AvgIpc) is 3.14. The monoisotopic (exact) mass is 402 g/mol. The third-order valence-electron chi connectivity index (χ3n) is 4.67. The predicted octanol–water partition coefficient (Wildman–Crippen LogP) is 2.58. The van der Waals surface area contributed by atoms with Gasteiger partial charge in [-0.15, -0.1) is 12.4 Å². The van der Waals surface area contributed by atoms with Crippen LogP contribution in [0.4, 0.5) is 5.69 Å². The maximum Gasteiger partial charge on any atom is 0.268 e. The Balaban J connectivity index is 0.00000210. The van der Waals surface area contributed by atoms with Gasteiger partial charge in [-0.05, 0) is 42.5 Å². The van der Waals surface area contributed by atoms with Crippen molar-refractivity contribution < 1.29 is 8.42 Å². The van der Waals surface area contributed by atoms with Gasteiger partial charge in [-0.1, -0.05) is 6.07 Å². The standard InChI is InChI=1S/C19H18N4O2S.ClH/c20-14-15-4-6-16(7-5-15)26(24,25)23-11-8-17-18(2-1-3-19(17)23)22-12-9-21-10-13-22;/h1-8,11,21H,9-10,12-13H2;1H. The van der Waals surface area contributed by atoms with Crippen LogP contribution in [0.5, 0.6) is 0 Å². The van der Waals surface area contributed by atoms with Crippen LogP contribution >= 0.6 is 12.4 Å². The molecule has 0 spiro atoms. The SMILES string of the molecule is Cl.N#Cc1ccc(S(=O)(=O)n2ccc3c(N4CCNCC4)cccc32)cc1. The van der Waals surface area contributed by atoms with Crippen molar-refractivity contribution in [3.05, 3.63) is 60.3 Å². The van der Waals surface area contributed by atoms with Crippen LogP contribution in [0.1, 0.15) is 5.56 Å². The normalized spacial score (nSPS) is 14.6. The molecule has 1 aliphatic heterocycles. The predicted molar refractivity (Wildman–Crippen MR) is 108 cm³/mol. The Bertz CT molecular complexity index is 1090. The van der Waals surface area contributed by atoms with Crippen molar-refractivity contribution in [2.75, 3.05) is 31.1 Å². The number of halogens is 1. The molecule has 1 aliphatic rings. The van der Waals surface area contributed by atoms with Gasteiger partial charge in [-0.25, -0.2) is 12.4 Å². The number of hydrogen-bond acceptors (Lipinski definition) is 5. The molecule has 3 aromatic rings. The quantitative estimate of drug-likeness (QED) is 0.728. The molecule has 4 rings (SSSR count). The topological polar surface area (TPSA) is 78.1 Å². The zero-order valence-corrected chi connectivity index (χ0v) is 16.1. The lowest BCUT2D eigenvalue weighted by Crippen LogP contribution is -2.43. The molecular formula is C19H19ClN4O2S. The molecule has 1 aromatic heterocycles. The highest BCUT2D eigenvalue weighted by atomic mass is 35.5. The molecule has 0 bridgehead atoms. The summed E-state index contributed by atoms with van der Waals surface area (Å²) >= 11 is 0. The summed E-state index contributed by atoms with van der Waals surface area (Å²) in [5, 5.41) is 13.1. The van der Waals surface area contributed by atoms with Crippen LogP contribution < -0.4 is 10.2 Å². The molecule has 1 saturated heterocycles. The average molecular weight is 403 g/mol. The molecule has 1 N–H and O–H groups in total. The number of nitrogens with one attached hydrogen (secondary N) is 1. The van der Waals surface area contributed by atoms with E-state index in [0.29, 0.717) is 11.1 Å². The first-order chi connectivity index (χ1) is 12.6. The first-order valence-corrected chi connectivity index (χ1v) is 9.87. The molecule has 140 valence electrons. The highest BCUT2D eigenvalue weighted by Crippen LogP contribution is 2.30. The number of piperazine rings is 1. The minimum Gasteiger partial charge on any atom is -0.368 e. The fraction of sp³-hybridized carbons (Fsp3) is 0.211. The molecule has 0 saturated carbocycles. The zero-order chi connectivity index (χ0) is 18.1. The fourth-order valence-corrected chi connectivity index (χ4v) is 4.68. The van der Waals surface area contributed by atoms with Crippen molar-refractivity contribution in [1.82, 2.24) is 9.29 Å². The van der Waals surface area contributed by atoms with E-state index in [-0.39, 0.29) is 17.3 Å². The summed E-state index contributed by atoms with van der Waals surface area (Å²) in [6.07, 6.45) is 1.60. The summed E-state index contributed by atoms with van der Waals surface area (Å²) in [7, 11) is -3.72. The summed E-state index contributed by atoms with van der Waals surface area (Å²) in [6.45, 7) is 3.63. The second-order valence-corrected chi connectivity index (χ2v) is 8.01. The summed E-state index contributed by atoms with van der Waals surface area (Å²) < 4.78 is 27.4. The molecule has 2 heterocycles. The Morgan fingerprint density at radius 3 is 2.37 bits per heavy atom. The second-order valence-electron chi connectivity index (χ2n) is 6.20. The van der Waals surface area contributed by atoms with E-state index in [1.54, 1.807) is 6.20 Å². The third-order valence-corrected chi connectivity index (χ3v) is 6.38. The van der Waals surface area contributed by atoms with Gasteiger partial charge >= 0.3 is 0 Å². The summed E-state index contributed by atoms with van der Waals surface area (Å²) in [5.74, 6) is 0. The van der Waals surface area contributed by atoms with Crippen molar-refractivity contribution in [3.8, 4) is 6.07 Å². The van der Waals surface area contributed by atoms with Crippen LogP contribution in [0, 0.1) is 11.3 Å². The molecule has 0 unspecified atom stereocenters. The van der Waals surface area contributed by atoms with Crippen molar-refractivity contribution in [2.24, 2.45) is 0 Å². The van der Waals surface area contributed by atoms with Crippen molar-refractivity contribution in [3.63, 3.8) is 0 Å². The third kappa shape index (κ3) is 3.39. The smallest absolute Gasteiger partial charge is 0.268 e. The van der Waals surface area contributed by atoms with Crippen molar-refractivity contribution in [2.45, 2.75) is 4.90 Å². The van der Waals surface area contributed by atoms with Gasteiger partial charge in [0, 0.05) is 43.4 Å². The van der Waals surface area contributed by atoms with Crippen LogP contribution in [0.3, 0.4) is 0 Å². The van der Waals surface area contributed by atoms with E-state index in [2.05, 4.69) is 10.2 Å². The summed E-state index contributed by atoms with van der Waals surface area (Å²) in [6, 6.07) is 15.6. The Hall–Kier alpha value is -2.53. The van der Waals surface area contributed by atoms with Gasteiger partial charge < -0.3 is 10.2 Å². The molecule has 27 heavy (non-hydrogen) atoms. The maximum absolute atomic E-state index is 13.1. The number of aromatic nitrogens is 1. The Morgan fingerprint density at radius 1 is 1.00 bits per heavy atom. The van der Waals surface area contributed by atoms with E-state index in [4.69, 9.17) is 5.26 Å². The highest BCUT2D eigenvalue weighted by Gasteiger charge is 2.21. The van der Waals surface area contributed by atoms with Gasteiger partial charge in [-0.2, -0.15) is 5.26 Å². The molecule has 8 heteroatoms. The van der Waals surface area contributed by atoms with Gasteiger partial charge in [0.1, 0.15) is 0 Å². The number of rotatable bonds is 3. The van der Waals surface area contributed by atoms with E-state index in [9.17, 15) is 8.42 Å². The van der Waals surface area contributed by atoms with E-state index >= 15 is 0 Å². The lowest BCUT2D eigenvalue weighted by atomic mass is 10.2. The first-order valence-electron chi connectivity index (χ1n) is 8.43. The van der Waals surface area contributed by atoms with E-state index in [0.717, 1.165) is 37.3 Å². The number of fused-ring (bicyclic) bond motifs is 1. The highest BCUT2D eigenvalue weighted by molar-refractivity contribution is 7.90. The number of benzene rings is 2. The van der Waals surface area contributed by atoms with E-state index in [1.165, 1.54) is 28.2 Å². The molecular weight excluding hydrogens is 384 g/mol. The summed E-state index contributed by atoms with van der Waals surface area (Å²) in [4.78, 5) is 2.44. The Kier molecular flexibility index (Phi) is 5.42.